The molecular weight excluding hydrogens is 921 g/mol. The van der Waals surface area contributed by atoms with Crippen molar-refractivity contribution in [3.05, 3.63) is 275 Å². The number of hydrogen-bond acceptors (Lipinski definition) is 2. The first-order valence-electron chi connectivity index (χ1n) is 26.0. The molecule has 1 N–H and O–H groups in total. The molecule has 0 bridgehead atoms. The van der Waals surface area contributed by atoms with E-state index in [0.717, 1.165) is 47.2 Å². The number of hydrogen-bond donors (Lipinski definition) is 1. The number of nitrogens with zero attached hydrogens (tertiary/aromatic N) is 1. The first kappa shape index (κ1) is 63.2. The van der Waals surface area contributed by atoms with Crippen LogP contribution in [0.2, 0.25) is 0 Å². The number of alkyl halides is 3. The summed E-state index contributed by atoms with van der Waals surface area (Å²) >= 11 is 0. The van der Waals surface area contributed by atoms with Gasteiger partial charge in [-0.25, -0.2) is 4.39 Å². The van der Waals surface area contributed by atoms with Crippen LogP contribution < -0.4 is 0 Å². The molecule has 392 valence electrons. The molecule has 0 aromatic heterocycles. The zero-order valence-electron chi connectivity index (χ0n) is 45.7. The number of rotatable bonds is 19. The van der Waals surface area contributed by atoms with Gasteiger partial charge in [-0.3, -0.25) is 10.4 Å². The molecule has 2 aliphatic rings. The maximum atomic E-state index is 14.7. The highest BCUT2D eigenvalue weighted by molar-refractivity contribution is 6.12. The topological polar surface area (TPSA) is 36.2 Å². The Morgan fingerprint density at radius 2 is 1.27 bits per heavy atom. The monoisotopic (exact) mass is 1000 g/mol. The Morgan fingerprint density at radius 1 is 0.716 bits per heavy atom. The fourth-order valence-corrected chi connectivity index (χ4v) is 8.05. The van der Waals surface area contributed by atoms with Gasteiger partial charge in [0.05, 0.1) is 29.7 Å². The van der Waals surface area contributed by atoms with Crippen molar-refractivity contribution in [1.29, 1.82) is 5.41 Å². The summed E-state index contributed by atoms with van der Waals surface area (Å²) in [5, 5.41) is 8.60. The third-order valence-corrected chi connectivity index (χ3v) is 11.9. The van der Waals surface area contributed by atoms with Crippen LogP contribution in [-0.4, -0.2) is 24.1 Å². The summed E-state index contributed by atoms with van der Waals surface area (Å²) in [4.78, 5) is 4.12. The molecule has 6 rings (SSSR count). The largest absolute Gasteiger partial charge is 0.398 e. The van der Waals surface area contributed by atoms with Gasteiger partial charge < -0.3 is 0 Å². The minimum atomic E-state index is -4.48. The smallest absolute Gasteiger partial charge is 0.300 e. The van der Waals surface area contributed by atoms with Gasteiger partial charge in [-0.15, -0.1) is 6.58 Å². The first-order valence-corrected chi connectivity index (χ1v) is 26.0. The minimum Gasteiger partial charge on any atom is -0.300 e. The fourth-order valence-electron chi connectivity index (χ4n) is 8.05. The molecule has 1 heterocycles. The van der Waals surface area contributed by atoms with E-state index in [1.54, 1.807) is 43.3 Å². The average Bonchev–Trinajstić information content (AvgIpc) is 4.26. The summed E-state index contributed by atoms with van der Waals surface area (Å²) < 4.78 is 57.4. The van der Waals surface area contributed by atoms with Gasteiger partial charge in [0.25, 0.3) is 0 Å². The SMILES string of the molecule is C1=CC(C2=NC2)=CCC1.C=C/C=C(\C=C/C)Cc1ccccc1.C=CC.CC.C\C=C/C=C(\C=C/C)C(=N)c1ccc(CC(/C=C\F)=C/C(C)CC(C)(c2ccc(Cc3ccc(CC)cc3)cc2)C(F)(F)F)cc1. The predicted molar refractivity (Wildman–Crippen MR) is 314 cm³/mol. The van der Waals surface area contributed by atoms with E-state index < -0.39 is 17.5 Å². The standard InChI is InChI=1S/C41H45F4N.C14H16.C8H9N.C3H6.C2H6/c1-6-9-11-36(10-7-2)39(46)37-20-16-33(17-21-37)28-35(24-25-42)26-30(4)29-40(5,41(43,44)45)38-22-18-34(19-23-38)27-32-14-12-31(8-3)13-15-32;1-3-8-13(9-4-2)12-14-10-6-5-7-11-14;1-2-4-7(5-3-1)8-6-9-8;1-3-2;1-2/h6-7,9-26,30,46H,8,27-29H2,1-5H3;3-11H,1,12H2,2H3;2,4-5H,1,3,6H2;3H,1H2,2H3;1-2H3/b9-6-,10-7-,25-24-,35-26+,36-11+,46-39?;9-4-,13-8+;;;. The molecular formula is C68H82F4N2. The highest BCUT2D eigenvalue weighted by Crippen LogP contribution is 2.46. The lowest BCUT2D eigenvalue weighted by Crippen LogP contribution is -2.40. The quantitative estimate of drug-likeness (QED) is 0.0421. The molecule has 0 radical (unpaired) electrons. The predicted octanol–water partition coefficient (Wildman–Crippen LogP) is 19.6. The van der Waals surface area contributed by atoms with Crippen molar-refractivity contribution >= 4 is 11.4 Å². The second kappa shape index (κ2) is 35.3. The number of aliphatic imine (C=N–C) groups is 1. The zero-order chi connectivity index (χ0) is 54.8. The highest BCUT2D eigenvalue weighted by atomic mass is 19.4. The number of aryl methyl sites for hydroxylation is 1. The van der Waals surface area contributed by atoms with Crippen molar-refractivity contribution in [1.82, 2.24) is 0 Å². The van der Waals surface area contributed by atoms with E-state index >= 15 is 0 Å². The maximum absolute atomic E-state index is 14.7. The molecule has 0 saturated carbocycles. The third kappa shape index (κ3) is 22.9. The second-order valence-corrected chi connectivity index (χ2v) is 17.9. The van der Waals surface area contributed by atoms with Crippen LogP contribution in [0, 0.1) is 11.3 Å². The van der Waals surface area contributed by atoms with Crippen molar-refractivity contribution < 1.29 is 17.6 Å². The van der Waals surface area contributed by atoms with Crippen LogP contribution in [0.15, 0.2) is 241 Å². The van der Waals surface area contributed by atoms with Gasteiger partial charge in [0.15, 0.2) is 0 Å². The molecule has 4 aromatic carbocycles. The van der Waals surface area contributed by atoms with E-state index in [2.05, 4.69) is 104 Å². The summed E-state index contributed by atoms with van der Waals surface area (Å²) in [6.45, 7) is 24.9. The normalized spacial score (nSPS) is 14.7. The van der Waals surface area contributed by atoms with E-state index in [1.807, 2.05) is 114 Å². The van der Waals surface area contributed by atoms with Gasteiger partial charge in [-0.05, 0) is 147 Å². The van der Waals surface area contributed by atoms with Crippen LogP contribution in [-0.2, 0) is 31.1 Å². The van der Waals surface area contributed by atoms with E-state index in [0.29, 0.717) is 30.5 Å². The number of benzene rings is 4. The van der Waals surface area contributed by atoms with E-state index in [-0.39, 0.29) is 12.0 Å². The molecule has 74 heavy (non-hydrogen) atoms. The molecule has 2 atom stereocenters. The molecule has 0 spiro atoms. The Balaban J connectivity index is 0.000000536. The summed E-state index contributed by atoms with van der Waals surface area (Å²) in [6, 6.07) is 32.9. The average molecular weight is 1000 g/mol. The van der Waals surface area contributed by atoms with Gasteiger partial charge in [0, 0.05) is 5.56 Å². The van der Waals surface area contributed by atoms with E-state index in [9.17, 15) is 17.6 Å². The molecule has 0 saturated heterocycles. The summed E-state index contributed by atoms with van der Waals surface area (Å²) in [6.07, 6.45) is 30.0. The molecule has 6 heteroatoms. The van der Waals surface area contributed by atoms with Crippen LogP contribution >= 0.6 is 0 Å². The van der Waals surface area contributed by atoms with Gasteiger partial charge >= 0.3 is 6.18 Å². The van der Waals surface area contributed by atoms with Gasteiger partial charge in [-0.2, -0.15) is 13.2 Å². The lowest BCUT2D eigenvalue weighted by atomic mass is 9.74. The maximum Gasteiger partial charge on any atom is 0.398 e. The van der Waals surface area contributed by atoms with E-state index in [1.165, 1.54) is 53.8 Å². The Morgan fingerprint density at radius 3 is 1.77 bits per heavy atom. The number of allylic oxidation sites excluding steroid dienone is 18. The summed E-state index contributed by atoms with van der Waals surface area (Å²) in [5.74, 6) is -0.484. The number of nitrogens with one attached hydrogen (secondary N) is 1. The van der Waals surface area contributed by atoms with Crippen molar-refractivity contribution in [2.75, 3.05) is 6.54 Å². The molecule has 2 unspecified atom stereocenters. The zero-order valence-corrected chi connectivity index (χ0v) is 45.7. The Kier molecular flexibility index (Phi) is 30.1. The van der Waals surface area contributed by atoms with Gasteiger partial charge in [0.1, 0.15) is 0 Å². The van der Waals surface area contributed by atoms with Crippen LogP contribution in [0.5, 0.6) is 0 Å². The molecule has 0 amide bonds. The molecule has 1 aliphatic carbocycles. The van der Waals surface area contributed by atoms with Crippen molar-refractivity contribution in [2.45, 2.75) is 119 Å². The van der Waals surface area contributed by atoms with Gasteiger partial charge in [0.2, 0.25) is 0 Å². The van der Waals surface area contributed by atoms with Crippen molar-refractivity contribution in [3.8, 4) is 0 Å². The van der Waals surface area contributed by atoms with Crippen LogP contribution in [0.1, 0.15) is 121 Å². The summed E-state index contributed by atoms with van der Waals surface area (Å²) in [7, 11) is 0. The molecule has 4 aromatic rings. The lowest BCUT2D eigenvalue weighted by Gasteiger charge is -2.34. The first-order chi connectivity index (χ1) is 35.7. The molecule has 2 nitrogen and oxygen atoms in total. The van der Waals surface area contributed by atoms with Crippen molar-refractivity contribution in [2.24, 2.45) is 10.9 Å². The Hall–Kier alpha value is -6.92. The van der Waals surface area contributed by atoms with E-state index in [4.69, 9.17) is 5.41 Å². The minimum absolute atomic E-state index is 0.180. The molecule has 1 aliphatic heterocycles. The molecule has 0 fully saturated rings. The fraction of sp³-hybridized carbons (Fsp3) is 0.294. The van der Waals surface area contributed by atoms with Crippen LogP contribution in [0.25, 0.3) is 0 Å². The van der Waals surface area contributed by atoms with Crippen LogP contribution in [0.4, 0.5) is 17.6 Å². The highest BCUT2D eigenvalue weighted by Gasteiger charge is 2.52. The Bertz CT molecular complexity index is 2610. The number of halogens is 4. The van der Waals surface area contributed by atoms with Crippen molar-refractivity contribution in [3.63, 3.8) is 0 Å². The Labute approximate surface area is 443 Å². The van der Waals surface area contributed by atoms with Crippen LogP contribution in [0.3, 0.4) is 0 Å². The summed E-state index contributed by atoms with van der Waals surface area (Å²) in [5.41, 5.74) is 10.1. The lowest BCUT2D eigenvalue weighted by molar-refractivity contribution is -0.189. The second-order valence-electron chi connectivity index (χ2n) is 17.9. The third-order valence-electron chi connectivity index (χ3n) is 11.9. The van der Waals surface area contributed by atoms with Gasteiger partial charge in [-0.1, -0.05) is 222 Å².